The van der Waals surface area contributed by atoms with Crippen molar-refractivity contribution in [1.82, 2.24) is 14.5 Å². The number of thiazole rings is 2. The summed E-state index contributed by atoms with van der Waals surface area (Å²) in [6.45, 7) is 0. The maximum atomic E-state index is 10.3. The van der Waals surface area contributed by atoms with Crippen molar-refractivity contribution in [3.05, 3.63) is 139 Å². The highest BCUT2D eigenvalue weighted by molar-refractivity contribution is 7.22. The molecule has 10 rings (SSSR count). The molecule has 0 aliphatic heterocycles. The van der Waals surface area contributed by atoms with Crippen LogP contribution in [-0.4, -0.2) is 14.5 Å². The van der Waals surface area contributed by atoms with Crippen molar-refractivity contribution < 1.29 is 0 Å². The van der Waals surface area contributed by atoms with Gasteiger partial charge in [0.15, 0.2) is 0 Å². The maximum Gasteiger partial charge on any atom is 0.124 e. The van der Waals surface area contributed by atoms with Gasteiger partial charge in [0.05, 0.1) is 42.7 Å². The summed E-state index contributed by atoms with van der Waals surface area (Å²) in [6, 6.07) is 49.1. The molecule has 3 aromatic heterocycles. The van der Waals surface area contributed by atoms with Crippen LogP contribution in [0.1, 0.15) is 5.56 Å². The topological polar surface area (TPSA) is 54.5 Å². The number of benzene rings is 7. The van der Waals surface area contributed by atoms with Crippen LogP contribution in [-0.2, 0) is 0 Å². The molecule has 10 aromatic rings. The number of fused-ring (bicyclic) bond motifs is 7. The van der Waals surface area contributed by atoms with Gasteiger partial charge in [-0.2, -0.15) is 5.26 Å². The zero-order chi connectivity index (χ0) is 31.1. The van der Waals surface area contributed by atoms with E-state index < -0.39 is 0 Å². The number of nitrogens with zero attached hydrogens (tertiary/aromatic N) is 4. The molecule has 47 heavy (non-hydrogen) atoms. The summed E-state index contributed by atoms with van der Waals surface area (Å²) in [4.78, 5) is 10.00. The summed E-state index contributed by atoms with van der Waals surface area (Å²) in [6.07, 6.45) is 0. The van der Waals surface area contributed by atoms with Gasteiger partial charge in [0.25, 0.3) is 0 Å². The van der Waals surface area contributed by atoms with Crippen LogP contribution in [0.15, 0.2) is 133 Å². The number of hydrogen-bond acceptors (Lipinski definition) is 5. The van der Waals surface area contributed by atoms with Gasteiger partial charge in [-0.3, -0.25) is 0 Å². The van der Waals surface area contributed by atoms with Crippen LogP contribution < -0.4 is 0 Å². The first-order valence-corrected chi connectivity index (χ1v) is 17.0. The van der Waals surface area contributed by atoms with E-state index in [4.69, 9.17) is 9.97 Å². The highest BCUT2D eigenvalue weighted by Crippen LogP contribution is 2.43. The van der Waals surface area contributed by atoms with Gasteiger partial charge in [0, 0.05) is 43.4 Å². The van der Waals surface area contributed by atoms with Gasteiger partial charge in [-0.25, -0.2) is 9.97 Å². The van der Waals surface area contributed by atoms with E-state index in [1.165, 1.54) is 9.40 Å². The molecule has 0 N–H and O–H groups in total. The van der Waals surface area contributed by atoms with Crippen LogP contribution in [0.3, 0.4) is 0 Å². The molecule has 7 aromatic carbocycles. The first-order chi connectivity index (χ1) is 23.2. The van der Waals surface area contributed by atoms with Crippen molar-refractivity contribution in [3.8, 4) is 32.9 Å². The molecular formula is C41H22N4S2. The van der Waals surface area contributed by atoms with E-state index in [0.717, 1.165) is 81.2 Å². The van der Waals surface area contributed by atoms with E-state index in [1.54, 1.807) is 22.7 Å². The monoisotopic (exact) mass is 634 g/mol. The predicted molar refractivity (Wildman–Crippen MR) is 198 cm³/mol. The van der Waals surface area contributed by atoms with E-state index in [-0.39, 0.29) is 0 Å². The molecule has 0 unspecified atom stereocenters. The Labute approximate surface area is 277 Å². The number of hydrogen-bond donors (Lipinski definition) is 0. The van der Waals surface area contributed by atoms with Gasteiger partial charge in [-0.05, 0) is 60.7 Å². The van der Waals surface area contributed by atoms with Crippen molar-refractivity contribution in [2.45, 2.75) is 0 Å². The van der Waals surface area contributed by atoms with Crippen LogP contribution in [0, 0.1) is 11.3 Å². The van der Waals surface area contributed by atoms with E-state index in [0.29, 0.717) is 5.56 Å². The minimum atomic E-state index is 0.706. The Kier molecular flexibility index (Phi) is 5.64. The lowest BCUT2D eigenvalue weighted by molar-refractivity contribution is 1.21. The zero-order valence-corrected chi connectivity index (χ0v) is 26.4. The van der Waals surface area contributed by atoms with Crippen molar-refractivity contribution >= 4 is 86.5 Å². The Morgan fingerprint density at radius 1 is 0.489 bits per heavy atom. The summed E-state index contributed by atoms with van der Waals surface area (Å²) < 4.78 is 4.75. The van der Waals surface area contributed by atoms with Crippen molar-refractivity contribution in [2.24, 2.45) is 0 Å². The lowest BCUT2D eigenvalue weighted by Crippen LogP contribution is -1.99. The first-order valence-electron chi connectivity index (χ1n) is 15.4. The number of rotatable bonds is 3. The molecule has 0 aliphatic rings. The lowest BCUT2D eigenvalue weighted by atomic mass is 9.95. The van der Waals surface area contributed by atoms with E-state index in [9.17, 15) is 5.26 Å². The molecule has 0 saturated carbocycles. The van der Waals surface area contributed by atoms with Gasteiger partial charge < -0.3 is 4.57 Å². The van der Waals surface area contributed by atoms with Gasteiger partial charge in [0.1, 0.15) is 16.1 Å². The normalized spacial score (nSPS) is 11.8. The highest BCUT2D eigenvalue weighted by atomic mass is 32.1. The molecule has 0 atom stereocenters. The maximum absolute atomic E-state index is 10.3. The molecule has 4 nitrogen and oxygen atoms in total. The average molecular weight is 635 g/mol. The molecule has 0 radical (unpaired) electrons. The van der Waals surface area contributed by atoms with Crippen molar-refractivity contribution in [3.63, 3.8) is 0 Å². The molecule has 218 valence electrons. The Morgan fingerprint density at radius 3 is 1.40 bits per heavy atom. The first kappa shape index (κ1) is 26.4. The molecule has 0 bridgehead atoms. The zero-order valence-electron chi connectivity index (χ0n) is 24.8. The van der Waals surface area contributed by atoms with Gasteiger partial charge in [-0.15, -0.1) is 22.7 Å². The standard InChI is InChI=1S/C41H22N4S2/c42-23-32-26-9-1-3-11-28(26)39(29-12-4-2-10-27(29)32)45-35-19-17-24(40-43-33-13-5-7-15-37(33)46-40)21-30(35)31-22-25(18-20-36(31)45)41-44-34-14-6-8-16-38(34)47-41/h1-22H. The SMILES string of the molecule is N#Cc1c2ccccc2c(-n2c3ccc(-c4nc5ccccc5s4)cc3c3cc(-c4nc5ccccc5s4)ccc32)c2ccccc12. The van der Waals surface area contributed by atoms with E-state index in [1.807, 2.05) is 24.3 Å². The third-order valence-corrected chi connectivity index (χ3v) is 11.3. The van der Waals surface area contributed by atoms with E-state index in [2.05, 4.69) is 120 Å². The largest absolute Gasteiger partial charge is 0.308 e. The second kappa shape index (κ2) is 10.1. The predicted octanol–water partition coefficient (Wildman–Crippen LogP) is 11.5. The van der Waals surface area contributed by atoms with Crippen molar-refractivity contribution in [2.75, 3.05) is 0 Å². The number of nitriles is 1. The molecular weight excluding hydrogens is 613 g/mol. The quantitative estimate of drug-likeness (QED) is 0.182. The fourth-order valence-corrected chi connectivity index (χ4v) is 8.91. The third kappa shape index (κ3) is 3.91. The molecule has 0 saturated heterocycles. The van der Waals surface area contributed by atoms with Gasteiger partial charge in [0.2, 0.25) is 0 Å². The Morgan fingerprint density at radius 2 is 0.936 bits per heavy atom. The molecule has 0 fully saturated rings. The minimum absolute atomic E-state index is 0.706. The second-order valence-corrected chi connectivity index (χ2v) is 13.8. The fraction of sp³-hybridized carbons (Fsp3) is 0. The molecule has 0 amide bonds. The number of aromatic nitrogens is 3. The summed E-state index contributed by atoms with van der Waals surface area (Å²) in [7, 11) is 0. The average Bonchev–Trinajstić information content (AvgIpc) is 3.84. The molecule has 0 spiro atoms. The Hall–Kier alpha value is -5.87. The fourth-order valence-electron chi connectivity index (χ4n) is 6.99. The third-order valence-electron chi connectivity index (χ3n) is 9.09. The second-order valence-electron chi connectivity index (χ2n) is 11.7. The summed E-state index contributed by atoms with van der Waals surface area (Å²) in [5.74, 6) is 0. The van der Waals surface area contributed by atoms with Crippen molar-refractivity contribution in [1.29, 1.82) is 5.26 Å². The smallest absolute Gasteiger partial charge is 0.124 e. The Bertz CT molecular complexity index is 2680. The van der Waals surface area contributed by atoms with Gasteiger partial charge in [-0.1, -0.05) is 72.8 Å². The van der Waals surface area contributed by atoms with Crippen LogP contribution in [0.5, 0.6) is 0 Å². The van der Waals surface area contributed by atoms with Crippen LogP contribution in [0.4, 0.5) is 0 Å². The summed E-state index contributed by atoms with van der Waals surface area (Å²) >= 11 is 3.44. The lowest BCUT2D eigenvalue weighted by Gasteiger charge is -2.17. The van der Waals surface area contributed by atoms with Crippen LogP contribution in [0.2, 0.25) is 0 Å². The molecule has 0 aliphatic carbocycles. The van der Waals surface area contributed by atoms with Crippen LogP contribution >= 0.6 is 22.7 Å². The highest BCUT2D eigenvalue weighted by Gasteiger charge is 2.21. The summed E-state index contributed by atoms with van der Waals surface area (Å²) in [5, 5.41) is 18.6. The minimum Gasteiger partial charge on any atom is -0.308 e. The number of para-hydroxylation sites is 2. The molecule has 6 heteroatoms. The van der Waals surface area contributed by atoms with E-state index >= 15 is 0 Å². The van der Waals surface area contributed by atoms with Gasteiger partial charge >= 0.3 is 0 Å². The Balaban J connectivity index is 1.32. The van der Waals surface area contributed by atoms with Crippen LogP contribution in [0.25, 0.3) is 90.6 Å². The summed E-state index contributed by atoms with van der Waals surface area (Å²) in [5.41, 5.74) is 8.22. The molecule has 3 heterocycles.